The van der Waals surface area contributed by atoms with E-state index < -0.39 is 20.0 Å². The van der Waals surface area contributed by atoms with Gasteiger partial charge in [0.05, 0.1) is 55.3 Å². The van der Waals surface area contributed by atoms with Crippen molar-refractivity contribution < 1.29 is 16.8 Å². The van der Waals surface area contributed by atoms with Gasteiger partial charge in [-0.05, 0) is 98.8 Å². The molecule has 4 heterocycles. The average Bonchev–Trinajstić information content (AvgIpc) is 3.94. The van der Waals surface area contributed by atoms with Crippen molar-refractivity contribution in [3.63, 3.8) is 0 Å². The van der Waals surface area contributed by atoms with E-state index in [1.165, 1.54) is 0 Å². The van der Waals surface area contributed by atoms with E-state index in [4.69, 9.17) is 0 Å². The summed E-state index contributed by atoms with van der Waals surface area (Å²) in [6, 6.07) is 38.8. The number of hydrogen-bond acceptors (Lipinski definition) is 16. The number of sulfonamides is 2. The van der Waals surface area contributed by atoms with E-state index in [9.17, 15) is 16.8 Å². The SMILES string of the molecule is Cc1ccc(S(=O)(=O)Nc2nc3ccccc3nc2Nc2ccc3nsnc3c2)cc1.Cc1ccc(S(=O)(=O)Nc2nc3ccccc3nc2Nc2ccc3nsnc3c2)cc1. The van der Waals surface area contributed by atoms with Crippen LogP contribution in [-0.4, -0.2) is 54.3 Å². The third-order valence-corrected chi connectivity index (χ3v) is 13.1. The Hall–Kier alpha value is -7.26. The highest BCUT2D eigenvalue weighted by atomic mass is 32.2. The molecule has 6 aromatic carbocycles. The summed E-state index contributed by atoms with van der Waals surface area (Å²) < 4.78 is 73.9. The zero-order valence-electron chi connectivity index (χ0n) is 32.5. The Morgan fingerprint density at radius 1 is 0.387 bits per heavy atom. The number of hydrogen-bond donors (Lipinski definition) is 4. The fourth-order valence-electron chi connectivity index (χ4n) is 6.12. The average molecular weight is 897 g/mol. The molecule has 4 aromatic heterocycles. The molecule has 10 aromatic rings. The summed E-state index contributed by atoms with van der Waals surface area (Å²) in [5.41, 5.74) is 8.83. The molecule has 0 aliphatic carbocycles. The molecule has 0 bridgehead atoms. The number of nitrogens with zero attached hydrogens (tertiary/aromatic N) is 8. The molecule has 0 atom stereocenters. The fourth-order valence-corrected chi connectivity index (χ4v) is 9.17. The normalized spacial score (nSPS) is 11.6. The van der Waals surface area contributed by atoms with E-state index in [1.54, 1.807) is 60.7 Å². The van der Waals surface area contributed by atoms with Crippen molar-refractivity contribution >= 4 is 122 Å². The van der Waals surface area contributed by atoms with Gasteiger partial charge in [-0.1, -0.05) is 59.7 Å². The van der Waals surface area contributed by atoms with Gasteiger partial charge >= 0.3 is 0 Å². The second kappa shape index (κ2) is 16.7. The molecule has 0 aliphatic heterocycles. The van der Waals surface area contributed by atoms with Crippen LogP contribution in [0.15, 0.2) is 143 Å². The third-order valence-electron chi connectivity index (χ3n) is 9.30. The largest absolute Gasteiger partial charge is 0.337 e. The highest BCUT2D eigenvalue weighted by Crippen LogP contribution is 2.30. The van der Waals surface area contributed by atoms with E-state index in [1.807, 2.05) is 86.6 Å². The van der Waals surface area contributed by atoms with Crippen LogP contribution in [-0.2, 0) is 20.0 Å². The van der Waals surface area contributed by atoms with E-state index in [2.05, 4.69) is 57.5 Å². The van der Waals surface area contributed by atoms with Crippen LogP contribution < -0.4 is 20.1 Å². The number of rotatable bonds is 10. The predicted molar refractivity (Wildman–Crippen MR) is 244 cm³/mol. The van der Waals surface area contributed by atoms with Crippen LogP contribution >= 0.6 is 23.5 Å². The molecule has 0 fully saturated rings. The Morgan fingerprint density at radius 3 is 1.10 bits per heavy atom. The zero-order chi connectivity index (χ0) is 42.8. The molecule has 10 rings (SSSR count). The number of para-hydroxylation sites is 4. The first-order valence-electron chi connectivity index (χ1n) is 18.7. The molecule has 0 aliphatic rings. The topological polar surface area (TPSA) is 220 Å². The molecule has 62 heavy (non-hydrogen) atoms. The van der Waals surface area contributed by atoms with Gasteiger partial charge in [0.1, 0.15) is 22.1 Å². The first-order valence-corrected chi connectivity index (χ1v) is 23.1. The molecular formula is C42H32N12O4S4. The smallest absolute Gasteiger partial charge is 0.263 e. The molecule has 16 nitrogen and oxygen atoms in total. The minimum Gasteiger partial charge on any atom is -0.337 e. The molecule has 0 radical (unpaired) electrons. The number of benzene rings is 6. The fraction of sp³-hybridized carbons (Fsp3) is 0.0476. The number of anilines is 6. The van der Waals surface area contributed by atoms with E-state index in [-0.39, 0.29) is 33.1 Å². The van der Waals surface area contributed by atoms with Crippen molar-refractivity contribution in [3.8, 4) is 0 Å². The van der Waals surface area contributed by atoms with Crippen molar-refractivity contribution in [2.75, 3.05) is 20.1 Å². The van der Waals surface area contributed by atoms with Gasteiger partial charge in [0.2, 0.25) is 0 Å². The zero-order valence-corrected chi connectivity index (χ0v) is 35.8. The van der Waals surface area contributed by atoms with Crippen molar-refractivity contribution in [2.24, 2.45) is 0 Å². The van der Waals surface area contributed by atoms with Crippen LogP contribution in [0.2, 0.25) is 0 Å². The number of nitrogens with one attached hydrogen (secondary N) is 4. The van der Waals surface area contributed by atoms with E-state index >= 15 is 0 Å². The molecule has 0 amide bonds. The molecule has 0 saturated carbocycles. The number of aryl methyl sites for hydroxylation is 2. The minimum absolute atomic E-state index is 0.107. The van der Waals surface area contributed by atoms with Gasteiger partial charge in [0.25, 0.3) is 20.0 Å². The lowest BCUT2D eigenvalue weighted by molar-refractivity contribution is 0.599. The lowest BCUT2D eigenvalue weighted by atomic mass is 10.2. The van der Waals surface area contributed by atoms with Crippen molar-refractivity contribution in [2.45, 2.75) is 23.6 Å². The Bertz CT molecular complexity index is 3260. The van der Waals surface area contributed by atoms with Crippen LogP contribution in [0.25, 0.3) is 44.1 Å². The molecule has 4 N–H and O–H groups in total. The van der Waals surface area contributed by atoms with Crippen LogP contribution in [0.3, 0.4) is 0 Å². The van der Waals surface area contributed by atoms with Crippen molar-refractivity contribution in [1.82, 2.24) is 37.4 Å². The summed E-state index contributed by atoms with van der Waals surface area (Å²) in [4.78, 5) is 18.5. The molecule has 0 spiro atoms. The van der Waals surface area contributed by atoms with Crippen LogP contribution in [0.5, 0.6) is 0 Å². The maximum atomic E-state index is 13.0. The first-order chi connectivity index (χ1) is 30.0. The maximum Gasteiger partial charge on any atom is 0.263 e. The van der Waals surface area contributed by atoms with Gasteiger partial charge in [0.15, 0.2) is 23.3 Å². The highest BCUT2D eigenvalue weighted by Gasteiger charge is 2.21. The summed E-state index contributed by atoms with van der Waals surface area (Å²) in [5.74, 6) is 0.792. The van der Waals surface area contributed by atoms with Crippen LogP contribution in [0.4, 0.5) is 34.6 Å². The maximum absolute atomic E-state index is 13.0. The summed E-state index contributed by atoms with van der Waals surface area (Å²) in [6.07, 6.45) is 0. The highest BCUT2D eigenvalue weighted by molar-refractivity contribution is 7.93. The van der Waals surface area contributed by atoms with Gasteiger partial charge in [-0.2, -0.15) is 17.5 Å². The van der Waals surface area contributed by atoms with Gasteiger partial charge in [-0.3, -0.25) is 9.44 Å². The molecule has 0 unspecified atom stereocenters. The lowest BCUT2D eigenvalue weighted by Gasteiger charge is -2.14. The second-order valence-corrected chi connectivity index (χ2v) is 18.3. The lowest BCUT2D eigenvalue weighted by Crippen LogP contribution is -2.16. The molecule has 20 heteroatoms. The quantitative estimate of drug-likeness (QED) is 0.101. The summed E-state index contributed by atoms with van der Waals surface area (Å²) in [6.45, 7) is 3.80. The van der Waals surface area contributed by atoms with E-state index in [0.717, 1.165) is 56.7 Å². The van der Waals surface area contributed by atoms with Crippen molar-refractivity contribution in [1.29, 1.82) is 0 Å². The summed E-state index contributed by atoms with van der Waals surface area (Å²) in [7, 11) is -7.70. The molecule has 308 valence electrons. The van der Waals surface area contributed by atoms with Crippen molar-refractivity contribution in [3.05, 3.63) is 145 Å². The predicted octanol–water partition coefficient (Wildman–Crippen LogP) is 8.97. The number of fused-ring (bicyclic) bond motifs is 4. The molecular weight excluding hydrogens is 865 g/mol. The van der Waals surface area contributed by atoms with Crippen LogP contribution in [0.1, 0.15) is 11.1 Å². The summed E-state index contributed by atoms with van der Waals surface area (Å²) >= 11 is 2.26. The monoisotopic (exact) mass is 896 g/mol. The first kappa shape index (κ1) is 40.2. The van der Waals surface area contributed by atoms with Gasteiger partial charge < -0.3 is 10.6 Å². The Morgan fingerprint density at radius 2 is 0.726 bits per heavy atom. The van der Waals surface area contributed by atoms with Gasteiger partial charge in [0, 0.05) is 11.4 Å². The Labute approximate surface area is 363 Å². The third kappa shape index (κ3) is 8.79. The Kier molecular flexibility index (Phi) is 10.8. The standard InChI is InChI=1S/2C21H16N6O2S2/c2*1-13-6-9-15(10-7-13)31(28,29)27-21-20(23-16-4-2-3-5-17(16)24-21)22-14-8-11-18-19(12-14)26-30-25-18/h2*2-12H,1H3,(H,22,23)(H,24,27). The second-order valence-electron chi connectivity index (χ2n) is 13.8. The van der Waals surface area contributed by atoms with Gasteiger partial charge in [-0.25, -0.2) is 36.8 Å². The summed E-state index contributed by atoms with van der Waals surface area (Å²) in [5, 5.41) is 6.33. The van der Waals surface area contributed by atoms with Gasteiger partial charge in [-0.15, -0.1) is 0 Å². The minimum atomic E-state index is -3.85. The van der Waals surface area contributed by atoms with Crippen LogP contribution in [0, 0.1) is 13.8 Å². The number of aromatic nitrogens is 8. The Balaban J connectivity index is 0.000000158. The molecule has 0 saturated heterocycles. The van der Waals surface area contributed by atoms with E-state index in [0.29, 0.717) is 33.4 Å².